The summed E-state index contributed by atoms with van der Waals surface area (Å²) in [5.41, 5.74) is 5.73. The van der Waals surface area contributed by atoms with Gasteiger partial charge >= 0.3 is 0 Å². The van der Waals surface area contributed by atoms with Crippen molar-refractivity contribution in [3.63, 3.8) is 0 Å². The fourth-order valence-corrected chi connectivity index (χ4v) is 2.26. The minimum Gasteiger partial charge on any atom is -0.324 e. The van der Waals surface area contributed by atoms with Crippen molar-refractivity contribution in [1.82, 2.24) is 0 Å². The van der Waals surface area contributed by atoms with Crippen molar-refractivity contribution in [3.05, 3.63) is 35.0 Å². The maximum atomic E-state index is 12.8. The molecule has 1 aromatic carbocycles. The molecule has 0 saturated carbocycles. The third-order valence-corrected chi connectivity index (χ3v) is 3.26. The molecule has 0 bridgehead atoms. The zero-order chi connectivity index (χ0) is 9.42. The van der Waals surface area contributed by atoms with Crippen LogP contribution in [0.1, 0.15) is 17.8 Å². The number of hydrogen-bond acceptors (Lipinski definition) is 2. The normalized spacial score (nSPS) is 13.5. The summed E-state index contributed by atoms with van der Waals surface area (Å²) in [5.74, 6) is -0.193. The summed E-state index contributed by atoms with van der Waals surface area (Å²) < 4.78 is 13.9. The second-order valence-corrected chi connectivity index (χ2v) is 4.23. The Morgan fingerprint density at radius 1 is 1.38 bits per heavy atom. The third kappa shape index (κ3) is 1.57. The van der Waals surface area contributed by atoms with Crippen LogP contribution in [0.5, 0.6) is 0 Å². The molecule has 1 atom stereocenters. The van der Waals surface area contributed by atoms with Crippen LogP contribution < -0.4 is 5.73 Å². The molecule has 1 nitrogen and oxygen atoms in total. The first-order valence-electron chi connectivity index (χ1n) is 4.11. The highest BCUT2D eigenvalue weighted by atomic mass is 32.1. The highest BCUT2D eigenvalue weighted by molar-refractivity contribution is 7.19. The van der Waals surface area contributed by atoms with Crippen LogP contribution in [0.2, 0.25) is 0 Å². The molecular formula is C10H10FNS. The van der Waals surface area contributed by atoms with Crippen LogP contribution in [0.4, 0.5) is 4.39 Å². The van der Waals surface area contributed by atoms with Crippen molar-refractivity contribution < 1.29 is 4.39 Å². The molecule has 0 saturated heterocycles. The Morgan fingerprint density at radius 2 is 2.15 bits per heavy atom. The summed E-state index contributed by atoms with van der Waals surface area (Å²) in [5, 5.41) is 0.942. The van der Waals surface area contributed by atoms with Crippen LogP contribution in [0.3, 0.4) is 0 Å². The van der Waals surface area contributed by atoms with Crippen molar-refractivity contribution in [2.75, 3.05) is 0 Å². The highest BCUT2D eigenvalue weighted by Crippen LogP contribution is 2.29. The summed E-state index contributed by atoms with van der Waals surface area (Å²) in [6.07, 6.45) is 0. The Bertz CT molecular complexity index is 433. The molecular weight excluding hydrogens is 185 g/mol. The Morgan fingerprint density at radius 3 is 2.85 bits per heavy atom. The topological polar surface area (TPSA) is 26.0 Å². The predicted octanol–water partition coefficient (Wildman–Crippen LogP) is 3.06. The van der Waals surface area contributed by atoms with E-state index in [-0.39, 0.29) is 11.9 Å². The van der Waals surface area contributed by atoms with Gasteiger partial charge in [0.05, 0.1) is 0 Å². The second-order valence-electron chi connectivity index (χ2n) is 3.12. The number of fused-ring (bicyclic) bond motifs is 1. The van der Waals surface area contributed by atoms with E-state index >= 15 is 0 Å². The molecule has 13 heavy (non-hydrogen) atoms. The van der Waals surface area contributed by atoms with Gasteiger partial charge in [0.1, 0.15) is 5.82 Å². The van der Waals surface area contributed by atoms with Gasteiger partial charge in [-0.3, -0.25) is 0 Å². The fourth-order valence-electron chi connectivity index (χ4n) is 1.26. The maximum absolute atomic E-state index is 12.8. The van der Waals surface area contributed by atoms with E-state index in [1.54, 1.807) is 17.4 Å². The lowest BCUT2D eigenvalue weighted by Crippen LogP contribution is -2.01. The van der Waals surface area contributed by atoms with Crippen molar-refractivity contribution in [2.24, 2.45) is 5.73 Å². The molecule has 0 fully saturated rings. The van der Waals surface area contributed by atoms with E-state index in [0.717, 1.165) is 15.0 Å². The smallest absolute Gasteiger partial charge is 0.123 e. The molecule has 1 aromatic heterocycles. The number of rotatable bonds is 1. The molecule has 3 heteroatoms. The Balaban J connectivity index is 2.62. The van der Waals surface area contributed by atoms with Gasteiger partial charge in [0, 0.05) is 15.6 Å². The van der Waals surface area contributed by atoms with Crippen LogP contribution in [-0.2, 0) is 0 Å². The first-order chi connectivity index (χ1) is 6.16. The van der Waals surface area contributed by atoms with Crippen LogP contribution in [-0.4, -0.2) is 0 Å². The monoisotopic (exact) mass is 195 g/mol. The van der Waals surface area contributed by atoms with Crippen LogP contribution in [0.25, 0.3) is 10.1 Å². The van der Waals surface area contributed by atoms with E-state index < -0.39 is 0 Å². The van der Waals surface area contributed by atoms with Gasteiger partial charge in [-0.15, -0.1) is 11.3 Å². The number of benzene rings is 1. The van der Waals surface area contributed by atoms with Gasteiger partial charge in [0.15, 0.2) is 0 Å². The largest absolute Gasteiger partial charge is 0.324 e. The standard InChI is InChI=1S/C10H10FNS/c1-6(12)10-5-7-4-8(11)2-3-9(7)13-10/h2-6H,12H2,1H3. The molecule has 0 radical (unpaired) electrons. The molecule has 2 N–H and O–H groups in total. The predicted molar refractivity (Wildman–Crippen MR) is 54.4 cm³/mol. The van der Waals surface area contributed by atoms with E-state index in [4.69, 9.17) is 5.73 Å². The van der Waals surface area contributed by atoms with Gasteiger partial charge in [-0.1, -0.05) is 0 Å². The zero-order valence-electron chi connectivity index (χ0n) is 7.25. The molecule has 0 aliphatic rings. The quantitative estimate of drug-likeness (QED) is 0.743. The molecule has 0 spiro atoms. The molecule has 68 valence electrons. The zero-order valence-corrected chi connectivity index (χ0v) is 8.07. The molecule has 0 amide bonds. The lowest BCUT2D eigenvalue weighted by molar-refractivity contribution is 0.630. The van der Waals surface area contributed by atoms with Crippen molar-refractivity contribution in [2.45, 2.75) is 13.0 Å². The fraction of sp³-hybridized carbons (Fsp3) is 0.200. The minimum absolute atomic E-state index is 0.0282. The number of hydrogen-bond donors (Lipinski definition) is 1. The van der Waals surface area contributed by atoms with Crippen LogP contribution in [0, 0.1) is 5.82 Å². The van der Waals surface area contributed by atoms with Gasteiger partial charge in [0.25, 0.3) is 0 Å². The number of nitrogens with two attached hydrogens (primary N) is 1. The van der Waals surface area contributed by atoms with Gasteiger partial charge in [-0.2, -0.15) is 0 Å². The van der Waals surface area contributed by atoms with Crippen LogP contribution >= 0.6 is 11.3 Å². The summed E-state index contributed by atoms with van der Waals surface area (Å²) >= 11 is 1.62. The summed E-state index contributed by atoms with van der Waals surface area (Å²) in [6, 6.07) is 6.79. The summed E-state index contributed by atoms with van der Waals surface area (Å²) in [6.45, 7) is 1.93. The van der Waals surface area contributed by atoms with E-state index in [0.29, 0.717) is 0 Å². The molecule has 2 rings (SSSR count). The van der Waals surface area contributed by atoms with Gasteiger partial charge in [-0.05, 0) is 36.6 Å². The average molecular weight is 195 g/mol. The van der Waals surface area contributed by atoms with Crippen molar-refractivity contribution in [3.8, 4) is 0 Å². The van der Waals surface area contributed by atoms with E-state index in [9.17, 15) is 4.39 Å². The first kappa shape index (κ1) is 8.66. The molecule has 0 aliphatic carbocycles. The lowest BCUT2D eigenvalue weighted by atomic mass is 10.2. The summed E-state index contributed by atoms with van der Waals surface area (Å²) in [7, 11) is 0. The van der Waals surface area contributed by atoms with Crippen molar-refractivity contribution in [1.29, 1.82) is 0 Å². The van der Waals surface area contributed by atoms with Crippen LogP contribution in [0.15, 0.2) is 24.3 Å². The average Bonchev–Trinajstić information content (AvgIpc) is 2.46. The number of thiophene rings is 1. The van der Waals surface area contributed by atoms with Gasteiger partial charge in [0.2, 0.25) is 0 Å². The Labute approximate surface area is 80.0 Å². The third-order valence-electron chi connectivity index (χ3n) is 1.95. The van der Waals surface area contributed by atoms with E-state index in [2.05, 4.69) is 0 Å². The minimum atomic E-state index is -0.193. The van der Waals surface area contributed by atoms with E-state index in [1.165, 1.54) is 12.1 Å². The lowest BCUT2D eigenvalue weighted by Gasteiger charge is -1.96. The van der Waals surface area contributed by atoms with Gasteiger partial charge in [-0.25, -0.2) is 4.39 Å². The SMILES string of the molecule is CC(N)c1cc2cc(F)ccc2s1. The Kier molecular flexibility index (Phi) is 2.06. The maximum Gasteiger partial charge on any atom is 0.123 e. The molecule has 2 aromatic rings. The Hall–Kier alpha value is -0.930. The first-order valence-corrected chi connectivity index (χ1v) is 4.93. The second kappa shape index (κ2) is 3.09. The summed E-state index contributed by atoms with van der Waals surface area (Å²) in [4.78, 5) is 1.10. The molecule has 1 unspecified atom stereocenters. The van der Waals surface area contributed by atoms with Crippen molar-refractivity contribution >= 4 is 21.4 Å². The number of halogens is 1. The van der Waals surface area contributed by atoms with Gasteiger partial charge < -0.3 is 5.73 Å². The molecule has 1 heterocycles. The van der Waals surface area contributed by atoms with E-state index in [1.807, 2.05) is 13.0 Å². The molecule has 0 aliphatic heterocycles. The highest BCUT2D eigenvalue weighted by Gasteiger charge is 2.05.